The predicted octanol–water partition coefficient (Wildman–Crippen LogP) is 3.25. The highest BCUT2D eigenvalue weighted by atomic mass is 79.9. The Morgan fingerprint density at radius 1 is 1.33 bits per heavy atom. The Morgan fingerprint density at radius 3 is 3.00 bits per heavy atom. The molecule has 4 heterocycles. The predicted molar refractivity (Wildman–Crippen MR) is 91.8 cm³/mol. The summed E-state index contributed by atoms with van der Waals surface area (Å²) >= 11 is 8.68. The van der Waals surface area contributed by atoms with Gasteiger partial charge in [0.15, 0.2) is 5.82 Å². The molecule has 8 heteroatoms. The fourth-order valence-corrected chi connectivity index (χ4v) is 5.15. The van der Waals surface area contributed by atoms with E-state index in [2.05, 4.69) is 63.3 Å². The molecule has 2 unspecified atom stereocenters. The molecule has 2 atom stereocenters. The highest BCUT2D eigenvalue weighted by Gasteiger charge is 2.35. The maximum Gasteiger partial charge on any atom is 0.245 e. The van der Waals surface area contributed by atoms with E-state index in [-0.39, 0.29) is 0 Å². The van der Waals surface area contributed by atoms with Gasteiger partial charge in [0.2, 0.25) is 5.95 Å². The smallest absolute Gasteiger partial charge is 0.245 e. The van der Waals surface area contributed by atoms with Gasteiger partial charge in [-0.1, -0.05) is 0 Å². The first-order valence-electron chi connectivity index (χ1n) is 7.06. The summed E-state index contributed by atoms with van der Waals surface area (Å²) in [6.07, 6.45) is 2.60. The van der Waals surface area contributed by atoms with Crippen molar-refractivity contribution in [3.8, 4) is 10.7 Å². The number of halogens is 2. The number of H-pyrrole nitrogens is 1. The molecule has 2 aliphatic heterocycles. The van der Waals surface area contributed by atoms with Crippen molar-refractivity contribution in [3.05, 3.63) is 14.3 Å². The zero-order valence-corrected chi connectivity index (χ0v) is 15.3. The number of nitrogens with one attached hydrogen (secondary N) is 2. The molecule has 2 aromatic rings. The number of anilines is 1. The topological polar surface area (TPSA) is 56.8 Å². The van der Waals surface area contributed by atoms with Gasteiger partial charge >= 0.3 is 0 Å². The van der Waals surface area contributed by atoms with Gasteiger partial charge in [0.1, 0.15) is 0 Å². The molecule has 2 fully saturated rings. The molecule has 2 aliphatic rings. The largest absolute Gasteiger partial charge is 0.338 e. The number of aromatic amines is 1. The fourth-order valence-electron chi connectivity index (χ4n) is 3.18. The molecule has 0 radical (unpaired) electrons. The molecule has 2 saturated heterocycles. The quantitative estimate of drug-likeness (QED) is 0.764. The Hall–Kier alpha value is -0.440. The zero-order chi connectivity index (χ0) is 14.4. The Balaban J connectivity index is 1.54. The summed E-state index contributed by atoms with van der Waals surface area (Å²) in [5.41, 5.74) is 0. The van der Waals surface area contributed by atoms with Crippen molar-refractivity contribution < 1.29 is 0 Å². The van der Waals surface area contributed by atoms with Gasteiger partial charge in [-0.2, -0.15) is 4.98 Å². The molecular weight excluding hydrogens is 418 g/mol. The van der Waals surface area contributed by atoms with Crippen molar-refractivity contribution in [2.75, 3.05) is 24.5 Å². The molecule has 0 spiro atoms. The van der Waals surface area contributed by atoms with Crippen LogP contribution in [0.3, 0.4) is 0 Å². The van der Waals surface area contributed by atoms with Gasteiger partial charge in [-0.05, 0) is 63.2 Å². The fraction of sp³-hybridized carbons (Fsp3) is 0.538. The van der Waals surface area contributed by atoms with Gasteiger partial charge in [0.25, 0.3) is 0 Å². The van der Waals surface area contributed by atoms with E-state index in [1.165, 1.54) is 12.8 Å². The minimum atomic E-state index is 0.603. The van der Waals surface area contributed by atoms with Crippen LogP contribution in [0.1, 0.15) is 12.8 Å². The molecule has 112 valence electrons. The van der Waals surface area contributed by atoms with E-state index < -0.39 is 0 Å². The van der Waals surface area contributed by atoms with E-state index in [1.54, 1.807) is 11.3 Å². The van der Waals surface area contributed by atoms with Crippen LogP contribution in [0.15, 0.2) is 14.3 Å². The van der Waals surface area contributed by atoms with Crippen LogP contribution in [-0.2, 0) is 0 Å². The number of hydrogen-bond acceptors (Lipinski definition) is 5. The molecule has 2 aromatic heterocycles. The Labute approximate surface area is 143 Å². The number of thiophene rings is 1. The maximum atomic E-state index is 4.68. The van der Waals surface area contributed by atoms with Crippen molar-refractivity contribution in [1.29, 1.82) is 0 Å². The average molecular weight is 433 g/mol. The molecule has 0 aromatic carbocycles. The van der Waals surface area contributed by atoms with Gasteiger partial charge in [0, 0.05) is 23.6 Å². The van der Waals surface area contributed by atoms with Crippen LogP contribution in [0, 0.1) is 5.92 Å². The van der Waals surface area contributed by atoms with Crippen molar-refractivity contribution in [2.45, 2.75) is 18.9 Å². The number of hydrogen-bond donors (Lipinski definition) is 2. The van der Waals surface area contributed by atoms with Crippen LogP contribution in [0.4, 0.5) is 5.95 Å². The molecular formula is C13H15Br2N5S. The number of aromatic nitrogens is 3. The summed E-state index contributed by atoms with van der Waals surface area (Å²) < 4.78 is 2.13. The van der Waals surface area contributed by atoms with Crippen molar-refractivity contribution >= 4 is 49.1 Å². The van der Waals surface area contributed by atoms with Crippen LogP contribution >= 0.6 is 43.2 Å². The lowest BCUT2D eigenvalue weighted by molar-refractivity contribution is 0.340. The highest BCUT2D eigenvalue weighted by Crippen LogP contribution is 2.37. The Kier molecular flexibility index (Phi) is 3.81. The average Bonchev–Trinajstić information content (AvgIpc) is 3.17. The normalized spacial score (nSPS) is 25.3. The first-order valence-corrected chi connectivity index (χ1v) is 9.47. The monoisotopic (exact) mass is 431 g/mol. The van der Waals surface area contributed by atoms with Crippen molar-refractivity contribution in [1.82, 2.24) is 20.5 Å². The zero-order valence-electron chi connectivity index (χ0n) is 11.3. The lowest BCUT2D eigenvalue weighted by atomic mass is 9.94. The molecule has 0 bridgehead atoms. The summed E-state index contributed by atoms with van der Waals surface area (Å²) in [5.74, 6) is 2.40. The van der Waals surface area contributed by atoms with Crippen LogP contribution in [0.25, 0.3) is 10.7 Å². The third kappa shape index (κ3) is 2.67. The van der Waals surface area contributed by atoms with Gasteiger partial charge in [-0.25, -0.2) is 0 Å². The summed E-state index contributed by atoms with van der Waals surface area (Å²) in [5, 5.41) is 11.1. The van der Waals surface area contributed by atoms with Gasteiger partial charge in [-0.15, -0.1) is 16.4 Å². The van der Waals surface area contributed by atoms with E-state index >= 15 is 0 Å². The molecule has 2 N–H and O–H groups in total. The van der Waals surface area contributed by atoms with Gasteiger partial charge in [-0.3, -0.25) is 5.10 Å². The van der Waals surface area contributed by atoms with Crippen molar-refractivity contribution in [2.24, 2.45) is 5.92 Å². The second-order valence-corrected chi connectivity index (χ2v) is 8.81. The highest BCUT2D eigenvalue weighted by molar-refractivity contribution is 9.13. The van der Waals surface area contributed by atoms with E-state index in [0.717, 1.165) is 50.5 Å². The lowest BCUT2D eigenvalue weighted by Crippen LogP contribution is -2.40. The molecule has 21 heavy (non-hydrogen) atoms. The summed E-state index contributed by atoms with van der Waals surface area (Å²) in [6.45, 7) is 3.22. The maximum absolute atomic E-state index is 4.68. The number of piperidine rings is 1. The van der Waals surface area contributed by atoms with Gasteiger partial charge < -0.3 is 10.2 Å². The minimum Gasteiger partial charge on any atom is -0.338 e. The molecule has 0 saturated carbocycles. The third-order valence-electron chi connectivity index (χ3n) is 4.23. The Bertz CT molecular complexity index is 621. The molecule has 0 aliphatic carbocycles. The second kappa shape index (κ2) is 5.64. The molecule has 5 nitrogen and oxygen atoms in total. The first-order chi connectivity index (χ1) is 10.2. The van der Waals surface area contributed by atoms with Gasteiger partial charge in [0.05, 0.1) is 8.66 Å². The van der Waals surface area contributed by atoms with Crippen LogP contribution < -0.4 is 10.2 Å². The van der Waals surface area contributed by atoms with E-state index in [9.17, 15) is 0 Å². The van der Waals surface area contributed by atoms with Crippen molar-refractivity contribution in [3.63, 3.8) is 0 Å². The number of rotatable bonds is 2. The van der Waals surface area contributed by atoms with E-state index in [4.69, 9.17) is 0 Å². The SMILES string of the molecule is Brc1cc(-c2nc(N3CC4CCCNC4C3)n[nH]2)sc1Br. The Morgan fingerprint density at radius 2 is 2.24 bits per heavy atom. The molecule has 4 rings (SSSR count). The minimum absolute atomic E-state index is 0.603. The standard InChI is InChI=1S/C13H15Br2N5S/c14-8-4-10(21-11(8)15)12-17-13(19-18-12)20-5-7-2-1-3-16-9(7)6-20/h4,7,9,16H,1-3,5-6H2,(H,17,18,19). The summed E-state index contributed by atoms with van der Waals surface area (Å²) in [6, 6.07) is 2.66. The molecule has 0 amide bonds. The van der Waals surface area contributed by atoms with Crippen LogP contribution in [0.2, 0.25) is 0 Å². The number of fused-ring (bicyclic) bond motifs is 1. The summed E-state index contributed by atoms with van der Waals surface area (Å²) in [4.78, 5) is 8.06. The van der Waals surface area contributed by atoms with E-state index in [1.807, 2.05) is 0 Å². The second-order valence-electron chi connectivity index (χ2n) is 5.58. The first kappa shape index (κ1) is 14.2. The third-order valence-corrected chi connectivity index (χ3v) is 7.50. The number of nitrogens with zero attached hydrogens (tertiary/aromatic N) is 3. The lowest BCUT2D eigenvalue weighted by Gasteiger charge is -2.24. The van der Waals surface area contributed by atoms with Crippen LogP contribution in [-0.4, -0.2) is 40.9 Å². The van der Waals surface area contributed by atoms with E-state index in [0.29, 0.717) is 6.04 Å². The van der Waals surface area contributed by atoms with Crippen LogP contribution in [0.5, 0.6) is 0 Å². The summed E-state index contributed by atoms with van der Waals surface area (Å²) in [7, 11) is 0.